The quantitative estimate of drug-likeness (QED) is 0.832. The molecule has 2 rings (SSSR count). The Morgan fingerprint density at radius 2 is 1.96 bits per heavy atom. The monoisotopic (exact) mass is 357 g/mol. The molecule has 0 bridgehead atoms. The Bertz CT molecular complexity index is 839. The maximum Gasteiger partial charge on any atom is 0.335 e. The van der Waals surface area contributed by atoms with Crippen LogP contribution in [0, 0.1) is 5.82 Å². The molecule has 0 spiro atoms. The first kappa shape index (κ1) is 17.4. The van der Waals surface area contributed by atoms with Crippen LogP contribution in [0.2, 0.25) is 5.02 Å². The lowest BCUT2D eigenvalue weighted by atomic mass is 10.2. The Morgan fingerprint density at radius 3 is 2.61 bits per heavy atom. The third-order valence-corrected chi connectivity index (χ3v) is 4.77. The van der Waals surface area contributed by atoms with Gasteiger partial charge in [0, 0.05) is 11.6 Å². The minimum absolute atomic E-state index is 0.0272. The fourth-order valence-electron chi connectivity index (χ4n) is 1.94. The van der Waals surface area contributed by atoms with Gasteiger partial charge >= 0.3 is 5.97 Å². The normalized spacial score (nSPS) is 11.4. The van der Waals surface area contributed by atoms with Crippen LogP contribution in [0.25, 0.3) is 0 Å². The van der Waals surface area contributed by atoms with Crippen molar-refractivity contribution >= 4 is 27.6 Å². The lowest BCUT2D eigenvalue weighted by Gasteiger charge is -2.09. The minimum atomic E-state index is -4.15. The number of nitrogens with one attached hydrogen (secondary N) is 1. The molecule has 8 heteroatoms. The molecule has 0 amide bonds. The van der Waals surface area contributed by atoms with Gasteiger partial charge in [-0.05, 0) is 42.3 Å². The van der Waals surface area contributed by atoms with Gasteiger partial charge in [-0.15, -0.1) is 0 Å². The van der Waals surface area contributed by atoms with Crippen LogP contribution in [0.1, 0.15) is 15.9 Å². The van der Waals surface area contributed by atoms with Crippen LogP contribution in [0.5, 0.6) is 0 Å². The standard InChI is InChI=1S/C15H13ClFNO4S/c16-12-3-1-2-10(8-12)6-7-18-23(21,22)14-9-11(15(19)20)4-5-13(14)17/h1-5,8-9,18H,6-7H2,(H,19,20). The van der Waals surface area contributed by atoms with Crippen molar-refractivity contribution < 1.29 is 22.7 Å². The molecule has 5 nitrogen and oxygen atoms in total. The van der Waals surface area contributed by atoms with Gasteiger partial charge in [0.25, 0.3) is 0 Å². The first-order valence-electron chi connectivity index (χ1n) is 6.56. The number of hydrogen-bond acceptors (Lipinski definition) is 3. The SMILES string of the molecule is O=C(O)c1ccc(F)c(S(=O)(=O)NCCc2cccc(Cl)c2)c1. The smallest absolute Gasteiger partial charge is 0.335 e. The van der Waals surface area contributed by atoms with Crippen molar-refractivity contribution in [3.8, 4) is 0 Å². The zero-order valence-corrected chi connectivity index (χ0v) is 13.4. The summed E-state index contributed by atoms with van der Waals surface area (Å²) in [6.45, 7) is 0.0272. The number of carbonyl (C=O) groups is 1. The molecular weight excluding hydrogens is 345 g/mol. The number of rotatable bonds is 6. The van der Waals surface area contributed by atoms with Crippen molar-refractivity contribution in [1.82, 2.24) is 4.72 Å². The summed E-state index contributed by atoms with van der Waals surface area (Å²) in [6, 6.07) is 9.52. The molecule has 122 valence electrons. The maximum atomic E-state index is 13.7. The number of halogens is 2. The zero-order chi connectivity index (χ0) is 17.0. The van der Waals surface area contributed by atoms with Gasteiger partial charge in [0.1, 0.15) is 10.7 Å². The van der Waals surface area contributed by atoms with Gasteiger partial charge < -0.3 is 5.11 Å². The number of carboxylic acid groups (broad SMARTS) is 1. The second-order valence-electron chi connectivity index (χ2n) is 4.73. The topological polar surface area (TPSA) is 83.5 Å². The largest absolute Gasteiger partial charge is 0.478 e. The Hall–Kier alpha value is -1.96. The molecule has 2 N–H and O–H groups in total. The first-order valence-corrected chi connectivity index (χ1v) is 8.42. The van der Waals surface area contributed by atoms with E-state index in [1.165, 1.54) is 0 Å². The lowest BCUT2D eigenvalue weighted by Crippen LogP contribution is -2.27. The molecule has 23 heavy (non-hydrogen) atoms. The molecule has 0 atom stereocenters. The molecule has 0 aliphatic heterocycles. The van der Waals surface area contributed by atoms with Gasteiger partial charge in [-0.2, -0.15) is 0 Å². The highest BCUT2D eigenvalue weighted by Crippen LogP contribution is 2.17. The van der Waals surface area contributed by atoms with Gasteiger partial charge in [-0.3, -0.25) is 0 Å². The van der Waals surface area contributed by atoms with E-state index in [4.69, 9.17) is 16.7 Å². The number of hydrogen-bond donors (Lipinski definition) is 2. The van der Waals surface area contributed by atoms with Gasteiger partial charge in [0.15, 0.2) is 0 Å². The van der Waals surface area contributed by atoms with E-state index in [0.717, 1.165) is 23.8 Å². The molecule has 0 unspecified atom stereocenters. The van der Waals surface area contributed by atoms with Crippen LogP contribution in [0.3, 0.4) is 0 Å². The van der Waals surface area contributed by atoms with Crippen molar-refractivity contribution in [1.29, 1.82) is 0 Å². The maximum absolute atomic E-state index is 13.7. The van der Waals surface area contributed by atoms with E-state index < -0.39 is 26.7 Å². The molecule has 0 fully saturated rings. The molecule has 0 aliphatic carbocycles. The summed E-state index contributed by atoms with van der Waals surface area (Å²) >= 11 is 5.83. The summed E-state index contributed by atoms with van der Waals surface area (Å²) in [5.74, 6) is -2.34. The van der Waals surface area contributed by atoms with E-state index in [1.54, 1.807) is 24.3 Å². The Labute approximate surface area is 137 Å². The Morgan fingerprint density at radius 1 is 1.22 bits per heavy atom. The molecule has 2 aromatic rings. The molecular formula is C15H13ClFNO4S. The van der Waals surface area contributed by atoms with Gasteiger partial charge in [-0.25, -0.2) is 22.3 Å². The van der Waals surface area contributed by atoms with Gasteiger partial charge in [-0.1, -0.05) is 23.7 Å². The van der Waals surface area contributed by atoms with E-state index in [0.29, 0.717) is 11.4 Å². The highest BCUT2D eigenvalue weighted by atomic mass is 35.5. The molecule has 2 aromatic carbocycles. The second kappa shape index (κ2) is 7.08. The molecule has 0 aromatic heterocycles. The highest BCUT2D eigenvalue weighted by molar-refractivity contribution is 7.89. The van der Waals surface area contributed by atoms with Crippen molar-refractivity contribution in [3.05, 3.63) is 64.4 Å². The summed E-state index contributed by atoms with van der Waals surface area (Å²) in [7, 11) is -4.15. The Balaban J connectivity index is 2.13. The third kappa shape index (κ3) is 4.51. The summed E-state index contributed by atoms with van der Waals surface area (Å²) in [5.41, 5.74) is 0.515. The lowest BCUT2D eigenvalue weighted by molar-refractivity contribution is 0.0696. The van der Waals surface area contributed by atoms with Crippen LogP contribution < -0.4 is 4.72 Å². The Kier molecular flexibility index (Phi) is 5.35. The number of sulfonamides is 1. The average molecular weight is 358 g/mol. The van der Waals surface area contributed by atoms with E-state index in [2.05, 4.69) is 4.72 Å². The van der Waals surface area contributed by atoms with Gasteiger partial charge in [0.05, 0.1) is 5.56 Å². The van der Waals surface area contributed by atoms with E-state index >= 15 is 0 Å². The summed E-state index contributed by atoms with van der Waals surface area (Å²) in [6.07, 6.45) is 0.361. The van der Waals surface area contributed by atoms with E-state index in [9.17, 15) is 17.6 Å². The number of carboxylic acids is 1. The molecule has 0 aliphatic rings. The van der Waals surface area contributed by atoms with Crippen molar-refractivity contribution in [2.45, 2.75) is 11.3 Å². The van der Waals surface area contributed by atoms with Crippen molar-refractivity contribution in [2.24, 2.45) is 0 Å². The fourth-order valence-corrected chi connectivity index (χ4v) is 3.29. The van der Waals surface area contributed by atoms with Crippen molar-refractivity contribution in [3.63, 3.8) is 0 Å². The van der Waals surface area contributed by atoms with Crippen LogP contribution in [-0.2, 0) is 16.4 Å². The molecule has 0 saturated heterocycles. The van der Waals surface area contributed by atoms with Crippen molar-refractivity contribution in [2.75, 3.05) is 6.54 Å². The van der Waals surface area contributed by atoms with E-state index in [1.807, 2.05) is 0 Å². The first-order chi connectivity index (χ1) is 10.8. The highest BCUT2D eigenvalue weighted by Gasteiger charge is 2.20. The van der Waals surface area contributed by atoms with Crippen LogP contribution in [0.4, 0.5) is 4.39 Å². The number of benzene rings is 2. The second-order valence-corrected chi connectivity index (χ2v) is 6.90. The minimum Gasteiger partial charge on any atom is -0.478 e. The molecule has 0 heterocycles. The van der Waals surface area contributed by atoms with Gasteiger partial charge in [0.2, 0.25) is 10.0 Å². The predicted molar refractivity (Wildman–Crippen MR) is 83.7 cm³/mol. The van der Waals surface area contributed by atoms with Crippen LogP contribution >= 0.6 is 11.6 Å². The average Bonchev–Trinajstić information content (AvgIpc) is 2.47. The fraction of sp³-hybridized carbons (Fsp3) is 0.133. The van der Waals surface area contributed by atoms with Crippen LogP contribution in [0.15, 0.2) is 47.4 Å². The third-order valence-electron chi connectivity index (χ3n) is 3.06. The molecule has 0 saturated carbocycles. The van der Waals surface area contributed by atoms with Crippen LogP contribution in [-0.4, -0.2) is 26.0 Å². The summed E-state index contributed by atoms with van der Waals surface area (Å²) in [5, 5.41) is 9.40. The summed E-state index contributed by atoms with van der Waals surface area (Å²) < 4.78 is 40.2. The predicted octanol–water partition coefficient (Wildman–Crippen LogP) is 2.70. The van der Waals surface area contributed by atoms with E-state index in [-0.39, 0.29) is 12.1 Å². The number of aromatic carboxylic acids is 1. The molecule has 0 radical (unpaired) electrons. The summed E-state index contributed by atoms with van der Waals surface area (Å²) in [4.78, 5) is 10.2. The zero-order valence-electron chi connectivity index (χ0n) is 11.8.